The fourth-order valence-electron chi connectivity index (χ4n) is 1.66. The fourth-order valence-corrected chi connectivity index (χ4v) is 1.66. The third kappa shape index (κ3) is 2.32. The fraction of sp³-hybridized carbons (Fsp3) is 0.250. The summed E-state index contributed by atoms with van der Waals surface area (Å²) in [6.45, 7) is 1.71. The summed E-state index contributed by atoms with van der Waals surface area (Å²) in [6, 6.07) is 4.17. The van der Waals surface area contributed by atoms with Gasteiger partial charge in [-0.3, -0.25) is 9.89 Å². The molecule has 1 amide bonds. The van der Waals surface area contributed by atoms with Crippen LogP contribution in [0.15, 0.2) is 24.4 Å². The monoisotopic (exact) mass is 247 g/mol. The van der Waals surface area contributed by atoms with Gasteiger partial charge < -0.3 is 10.4 Å². The van der Waals surface area contributed by atoms with Gasteiger partial charge in [0.2, 0.25) is 0 Å². The first-order valence-electron chi connectivity index (χ1n) is 5.58. The van der Waals surface area contributed by atoms with Gasteiger partial charge in [-0.05, 0) is 24.6 Å². The van der Waals surface area contributed by atoms with Gasteiger partial charge in [0.1, 0.15) is 6.04 Å². The molecule has 1 heterocycles. The highest BCUT2D eigenvalue weighted by Gasteiger charge is 2.18. The summed E-state index contributed by atoms with van der Waals surface area (Å²) >= 11 is 0. The number of H-pyrrole nitrogens is 1. The zero-order valence-corrected chi connectivity index (χ0v) is 9.80. The lowest BCUT2D eigenvalue weighted by atomic mass is 10.1. The molecule has 94 valence electrons. The maximum absolute atomic E-state index is 11.9. The number of nitrogens with one attached hydrogen (secondary N) is 2. The van der Waals surface area contributed by atoms with Crippen LogP contribution >= 0.6 is 0 Å². The molecule has 1 atom stereocenters. The van der Waals surface area contributed by atoms with Crippen LogP contribution in [0.1, 0.15) is 23.7 Å². The number of carbonyl (C=O) groups is 2. The van der Waals surface area contributed by atoms with Crippen molar-refractivity contribution in [2.45, 2.75) is 19.4 Å². The Hall–Kier alpha value is -2.37. The largest absolute Gasteiger partial charge is 0.480 e. The molecule has 0 unspecified atom stereocenters. The average Bonchev–Trinajstić information content (AvgIpc) is 2.82. The average molecular weight is 247 g/mol. The third-order valence-corrected chi connectivity index (χ3v) is 2.71. The molecule has 18 heavy (non-hydrogen) atoms. The molecule has 0 fully saturated rings. The number of carbonyl (C=O) groups excluding carboxylic acids is 1. The Morgan fingerprint density at radius 1 is 1.50 bits per heavy atom. The van der Waals surface area contributed by atoms with Crippen molar-refractivity contribution in [3.05, 3.63) is 30.0 Å². The summed E-state index contributed by atoms with van der Waals surface area (Å²) in [7, 11) is 0. The molecule has 2 aromatic rings. The number of rotatable bonds is 4. The Kier molecular flexibility index (Phi) is 3.27. The predicted molar refractivity (Wildman–Crippen MR) is 65.3 cm³/mol. The Morgan fingerprint density at radius 2 is 2.28 bits per heavy atom. The second kappa shape index (κ2) is 4.87. The third-order valence-electron chi connectivity index (χ3n) is 2.71. The van der Waals surface area contributed by atoms with Gasteiger partial charge >= 0.3 is 5.97 Å². The van der Waals surface area contributed by atoms with Gasteiger partial charge in [-0.15, -0.1) is 0 Å². The summed E-state index contributed by atoms with van der Waals surface area (Å²) in [6.07, 6.45) is 1.95. The van der Waals surface area contributed by atoms with E-state index in [9.17, 15) is 9.59 Å². The molecule has 3 N–H and O–H groups in total. The number of aromatic amines is 1. The highest BCUT2D eigenvalue weighted by Crippen LogP contribution is 2.13. The quantitative estimate of drug-likeness (QED) is 0.755. The molecule has 0 saturated heterocycles. The normalized spacial score (nSPS) is 12.3. The van der Waals surface area contributed by atoms with Gasteiger partial charge in [0, 0.05) is 10.9 Å². The van der Waals surface area contributed by atoms with Crippen molar-refractivity contribution in [2.24, 2.45) is 0 Å². The van der Waals surface area contributed by atoms with Crippen LogP contribution in [0.4, 0.5) is 0 Å². The minimum Gasteiger partial charge on any atom is -0.480 e. The lowest BCUT2D eigenvalue weighted by Crippen LogP contribution is -2.40. The second-order valence-corrected chi connectivity index (χ2v) is 3.94. The minimum atomic E-state index is -1.03. The number of fused-ring (bicyclic) bond motifs is 1. The summed E-state index contributed by atoms with van der Waals surface area (Å²) in [5.74, 6) is -1.43. The number of amides is 1. The van der Waals surface area contributed by atoms with E-state index in [2.05, 4.69) is 15.5 Å². The number of aromatic nitrogens is 2. The van der Waals surface area contributed by atoms with Crippen LogP contribution in [0, 0.1) is 0 Å². The minimum absolute atomic E-state index is 0.342. The molecule has 6 heteroatoms. The molecular weight excluding hydrogens is 234 g/mol. The van der Waals surface area contributed by atoms with Crippen LogP contribution in [-0.2, 0) is 4.79 Å². The maximum Gasteiger partial charge on any atom is 0.326 e. The van der Waals surface area contributed by atoms with Gasteiger partial charge in [-0.2, -0.15) is 5.10 Å². The van der Waals surface area contributed by atoms with Crippen LogP contribution in [-0.4, -0.2) is 33.2 Å². The SMILES string of the molecule is CC[C@H](NC(=O)c1ccc2[nH]ncc2c1)C(=O)O. The van der Waals surface area contributed by atoms with Gasteiger partial charge in [-0.25, -0.2) is 4.79 Å². The molecule has 0 spiro atoms. The zero-order chi connectivity index (χ0) is 13.1. The summed E-state index contributed by atoms with van der Waals surface area (Å²) in [5.41, 5.74) is 1.25. The van der Waals surface area contributed by atoms with E-state index in [4.69, 9.17) is 5.11 Å². The summed E-state index contributed by atoms with van der Waals surface area (Å²) in [5, 5.41) is 18.8. The van der Waals surface area contributed by atoms with Gasteiger partial charge in [-0.1, -0.05) is 6.92 Å². The Morgan fingerprint density at radius 3 is 2.94 bits per heavy atom. The Balaban J connectivity index is 2.19. The van der Waals surface area contributed by atoms with E-state index >= 15 is 0 Å². The molecule has 1 aromatic carbocycles. The molecular formula is C12H13N3O3. The Bertz CT molecular complexity index is 591. The molecule has 0 saturated carbocycles. The van der Waals surface area contributed by atoms with E-state index in [1.54, 1.807) is 31.3 Å². The number of hydrogen-bond acceptors (Lipinski definition) is 3. The molecule has 1 aromatic heterocycles. The number of hydrogen-bond donors (Lipinski definition) is 3. The zero-order valence-electron chi connectivity index (χ0n) is 9.80. The van der Waals surface area contributed by atoms with Gasteiger partial charge in [0.15, 0.2) is 0 Å². The van der Waals surface area contributed by atoms with E-state index in [1.165, 1.54) is 0 Å². The summed E-state index contributed by atoms with van der Waals surface area (Å²) in [4.78, 5) is 22.7. The molecule has 0 aliphatic heterocycles. The lowest BCUT2D eigenvalue weighted by Gasteiger charge is -2.12. The molecule has 0 radical (unpaired) electrons. The van der Waals surface area contributed by atoms with Gasteiger partial charge in [0.25, 0.3) is 5.91 Å². The standard InChI is InChI=1S/C12H13N3O3/c1-2-9(12(17)18)14-11(16)7-3-4-10-8(5-7)6-13-15-10/h3-6,9H,2H2,1H3,(H,13,15)(H,14,16)(H,17,18)/t9-/m0/s1. The molecule has 6 nitrogen and oxygen atoms in total. The van der Waals surface area contributed by atoms with Crippen molar-refractivity contribution in [1.29, 1.82) is 0 Å². The first-order valence-corrected chi connectivity index (χ1v) is 5.58. The number of nitrogens with zero attached hydrogens (tertiary/aromatic N) is 1. The number of carboxylic acid groups (broad SMARTS) is 1. The highest BCUT2D eigenvalue weighted by molar-refractivity contribution is 5.99. The van der Waals surface area contributed by atoms with Crippen LogP contribution in [0.3, 0.4) is 0 Å². The first kappa shape index (κ1) is 12.1. The van der Waals surface area contributed by atoms with Gasteiger partial charge in [0.05, 0.1) is 11.7 Å². The van der Waals surface area contributed by atoms with Crippen molar-refractivity contribution in [3.8, 4) is 0 Å². The number of carboxylic acids is 1. The van der Waals surface area contributed by atoms with Crippen molar-refractivity contribution in [3.63, 3.8) is 0 Å². The predicted octanol–water partition coefficient (Wildman–Crippen LogP) is 1.16. The second-order valence-electron chi connectivity index (χ2n) is 3.94. The van der Waals surface area contributed by atoms with Crippen LogP contribution in [0.5, 0.6) is 0 Å². The Labute approximate surface area is 103 Å². The van der Waals surface area contributed by atoms with Crippen molar-refractivity contribution in [2.75, 3.05) is 0 Å². The van der Waals surface area contributed by atoms with E-state index in [0.717, 1.165) is 10.9 Å². The number of benzene rings is 1. The highest BCUT2D eigenvalue weighted by atomic mass is 16.4. The molecule has 0 aliphatic rings. The topological polar surface area (TPSA) is 95.1 Å². The molecule has 2 rings (SSSR count). The molecule has 0 aliphatic carbocycles. The maximum atomic E-state index is 11.9. The van der Waals surface area contributed by atoms with Crippen LogP contribution in [0.2, 0.25) is 0 Å². The molecule has 0 bridgehead atoms. The van der Waals surface area contributed by atoms with E-state index in [1.807, 2.05) is 0 Å². The number of aliphatic carboxylic acids is 1. The van der Waals surface area contributed by atoms with E-state index < -0.39 is 17.9 Å². The van der Waals surface area contributed by atoms with Crippen LogP contribution in [0.25, 0.3) is 10.9 Å². The van der Waals surface area contributed by atoms with Crippen molar-refractivity contribution in [1.82, 2.24) is 15.5 Å². The van der Waals surface area contributed by atoms with Crippen LogP contribution < -0.4 is 5.32 Å². The summed E-state index contributed by atoms with van der Waals surface area (Å²) < 4.78 is 0. The smallest absolute Gasteiger partial charge is 0.326 e. The van der Waals surface area contributed by atoms with Crippen molar-refractivity contribution < 1.29 is 14.7 Å². The lowest BCUT2D eigenvalue weighted by molar-refractivity contribution is -0.139. The van der Waals surface area contributed by atoms with E-state index in [-0.39, 0.29) is 0 Å². The van der Waals surface area contributed by atoms with E-state index in [0.29, 0.717) is 12.0 Å². The van der Waals surface area contributed by atoms with Crippen molar-refractivity contribution >= 4 is 22.8 Å². The first-order chi connectivity index (χ1) is 8.61.